The molecule has 1 aliphatic heterocycles. The van der Waals surface area contributed by atoms with Crippen LogP contribution in [0, 0.1) is 6.92 Å². The number of amides is 1. The van der Waals surface area contributed by atoms with Crippen molar-refractivity contribution < 1.29 is 14.3 Å². The summed E-state index contributed by atoms with van der Waals surface area (Å²) in [5.41, 5.74) is 3.04. The van der Waals surface area contributed by atoms with E-state index in [1.807, 2.05) is 37.3 Å². The fourth-order valence-corrected chi connectivity index (χ4v) is 2.83. The second kappa shape index (κ2) is 7.74. The van der Waals surface area contributed by atoms with Gasteiger partial charge in [-0.1, -0.05) is 23.7 Å². The third kappa shape index (κ3) is 3.99. The van der Waals surface area contributed by atoms with Crippen molar-refractivity contribution in [3.8, 4) is 11.5 Å². The van der Waals surface area contributed by atoms with E-state index in [0.29, 0.717) is 34.6 Å². The Balaban J connectivity index is 1.36. The number of hydrogen-bond acceptors (Lipinski definition) is 6. The minimum absolute atomic E-state index is 0.220. The van der Waals surface area contributed by atoms with Crippen LogP contribution >= 0.6 is 11.6 Å². The third-order valence-corrected chi connectivity index (χ3v) is 4.64. The molecule has 0 saturated carbocycles. The number of hydrogen-bond donors (Lipinski definition) is 2. The molecule has 0 aliphatic carbocycles. The van der Waals surface area contributed by atoms with Crippen LogP contribution in [0.4, 0.5) is 11.6 Å². The van der Waals surface area contributed by atoms with Crippen LogP contribution in [0.25, 0.3) is 0 Å². The molecule has 0 saturated heterocycles. The standard InChI is InChI=1S/C20H17ClN4O3/c1-12-2-4-15(7-16(12)21)25-20-23-9-14(10-24-20)19(26)22-8-13-3-5-17-18(6-13)28-11-27-17/h2-7,9-10H,8,11H2,1H3,(H,22,26)(H,23,24,25). The summed E-state index contributed by atoms with van der Waals surface area (Å²) < 4.78 is 10.6. The highest BCUT2D eigenvalue weighted by Gasteiger charge is 2.14. The molecule has 3 aromatic rings. The first-order valence-electron chi connectivity index (χ1n) is 8.60. The summed E-state index contributed by atoms with van der Waals surface area (Å²) in [7, 11) is 0. The predicted molar refractivity (Wildman–Crippen MR) is 105 cm³/mol. The Morgan fingerprint density at radius 2 is 1.89 bits per heavy atom. The van der Waals surface area contributed by atoms with Crippen molar-refractivity contribution in [3.05, 3.63) is 70.5 Å². The van der Waals surface area contributed by atoms with Gasteiger partial charge < -0.3 is 20.1 Å². The highest BCUT2D eigenvalue weighted by molar-refractivity contribution is 6.31. The first-order valence-corrected chi connectivity index (χ1v) is 8.98. The zero-order valence-electron chi connectivity index (χ0n) is 15.0. The number of carbonyl (C=O) groups is 1. The molecule has 0 spiro atoms. The lowest BCUT2D eigenvalue weighted by Gasteiger charge is -2.08. The van der Waals surface area contributed by atoms with Gasteiger partial charge >= 0.3 is 0 Å². The topological polar surface area (TPSA) is 85.4 Å². The van der Waals surface area contributed by atoms with Crippen LogP contribution in [0.1, 0.15) is 21.5 Å². The Hall–Kier alpha value is -3.32. The summed E-state index contributed by atoms with van der Waals surface area (Å²) in [4.78, 5) is 20.7. The average Bonchev–Trinajstić information content (AvgIpc) is 3.17. The zero-order chi connectivity index (χ0) is 19.5. The first kappa shape index (κ1) is 18.1. The van der Waals surface area contributed by atoms with E-state index in [2.05, 4.69) is 20.6 Å². The van der Waals surface area contributed by atoms with E-state index in [9.17, 15) is 4.79 Å². The Labute approximate surface area is 166 Å². The summed E-state index contributed by atoms with van der Waals surface area (Å²) in [5.74, 6) is 1.51. The zero-order valence-corrected chi connectivity index (χ0v) is 15.8. The molecule has 2 heterocycles. The minimum atomic E-state index is -0.261. The number of nitrogens with zero attached hydrogens (tertiary/aromatic N) is 2. The molecular formula is C20H17ClN4O3. The molecule has 7 nitrogen and oxygen atoms in total. The van der Waals surface area contributed by atoms with Gasteiger partial charge in [0, 0.05) is 29.6 Å². The molecule has 0 bridgehead atoms. The summed E-state index contributed by atoms with van der Waals surface area (Å²) in [6.45, 7) is 2.51. The lowest BCUT2D eigenvalue weighted by Crippen LogP contribution is -2.23. The van der Waals surface area contributed by atoms with E-state index in [4.69, 9.17) is 21.1 Å². The van der Waals surface area contributed by atoms with Gasteiger partial charge in [-0.15, -0.1) is 0 Å². The summed E-state index contributed by atoms with van der Waals surface area (Å²) in [6, 6.07) is 11.1. The van der Waals surface area contributed by atoms with E-state index in [1.54, 1.807) is 6.07 Å². The average molecular weight is 397 g/mol. The molecule has 28 heavy (non-hydrogen) atoms. The number of aryl methyl sites for hydroxylation is 1. The molecule has 0 radical (unpaired) electrons. The largest absolute Gasteiger partial charge is 0.454 e. The van der Waals surface area contributed by atoms with Gasteiger partial charge in [0.2, 0.25) is 12.7 Å². The Morgan fingerprint density at radius 3 is 2.68 bits per heavy atom. The number of ether oxygens (including phenoxy) is 2. The van der Waals surface area contributed by atoms with Crippen LogP contribution < -0.4 is 20.1 Å². The monoisotopic (exact) mass is 396 g/mol. The maximum atomic E-state index is 12.3. The number of aromatic nitrogens is 2. The molecule has 142 valence electrons. The molecule has 1 aliphatic rings. The van der Waals surface area contributed by atoms with Crippen molar-refractivity contribution in [2.24, 2.45) is 0 Å². The molecule has 2 aromatic carbocycles. The number of rotatable bonds is 5. The fraction of sp³-hybridized carbons (Fsp3) is 0.150. The van der Waals surface area contributed by atoms with E-state index >= 15 is 0 Å². The number of benzene rings is 2. The first-order chi connectivity index (χ1) is 13.6. The Bertz CT molecular complexity index is 1020. The maximum absolute atomic E-state index is 12.3. The van der Waals surface area contributed by atoms with Crippen LogP contribution in [-0.2, 0) is 6.54 Å². The number of anilines is 2. The number of fused-ring (bicyclic) bond motifs is 1. The van der Waals surface area contributed by atoms with Crippen molar-refractivity contribution in [1.82, 2.24) is 15.3 Å². The van der Waals surface area contributed by atoms with E-state index in [-0.39, 0.29) is 12.7 Å². The van der Waals surface area contributed by atoms with Gasteiger partial charge in [0.1, 0.15) is 0 Å². The van der Waals surface area contributed by atoms with Crippen LogP contribution in [0.3, 0.4) is 0 Å². The van der Waals surface area contributed by atoms with Gasteiger partial charge in [-0.3, -0.25) is 4.79 Å². The lowest BCUT2D eigenvalue weighted by molar-refractivity contribution is 0.0950. The number of halogens is 1. The molecule has 4 rings (SSSR count). The molecule has 1 aromatic heterocycles. The van der Waals surface area contributed by atoms with Gasteiger partial charge in [-0.2, -0.15) is 0 Å². The Morgan fingerprint density at radius 1 is 1.11 bits per heavy atom. The van der Waals surface area contributed by atoms with E-state index < -0.39 is 0 Å². The van der Waals surface area contributed by atoms with Crippen LogP contribution in [-0.4, -0.2) is 22.7 Å². The molecule has 0 atom stereocenters. The summed E-state index contributed by atoms with van der Waals surface area (Å²) in [6.07, 6.45) is 2.94. The van der Waals surface area contributed by atoms with Gasteiger partial charge in [0.25, 0.3) is 5.91 Å². The van der Waals surface area contributed by atoms with E-state index in [1.165, 1.54) is 12.4 Å². The second-order valence-electron chi connectivity index (χ2n) is 6.25. The summed E-state index contributed by atoms with van der Waals surface area (Å²) >= 11 is 6.11. The van der Waals surface area contributed by atoms with Crippen molar-refractivity contribution in [2.45, 2.75) is 13.5 Å². The predicted octanol–water partition coefficient (Wildman–Crippen LogP) is 3.84. The Kier molecular flexibility index (Phi) is 4.99. The molecular weight excluding hydrogens is 380 g/mol. The normalized spacial score (nSPS) is 11.9. The molecule has 0 unspecified atom stereocenters. The quantitative estimate of drug-likeness (QED) is 0.681. The van der Waals surface area contributed by atoms with Crippen LogP contribution in [0.15, 0.2) is 48.8 Å². The van der Waals surface area contributed by atoms with Gasteiger partial charge in [0.15, 0.2) is 11.5 Å². The van der Waals surface area contributed by atoms with Gasteiger partial charge in [0.05, 0.1) is 5.56 Å². The van der Waals surface area contributed by atoms with Crippen molar-refractivity contribution in [1.29, 1.82) is 0 Å². The van der Waals surface area contributed by atoms with Crippen molar-refractivity contribution in [3.63, 3.8) is 0 Å². The van der Waals surface area contributed by atoms with Gasteiger partial charge in [-0.05, 0) is 42.3 Å². The molecule has 0 fully saturated rings. The van der Waals surface area contributed by atoms with Gasteiger partial charge in [-0.25, -0.2) is 9.97 Å². The highest BCUT2D eigenvalue weighted by atomic mass is 35.5. The third-order valence-electron chi connectivity index (χ3n) is 4.23. The maximum Gasteiger partial charge on any atom is 0.254 e. The summed E-state index contributed by atoms with van der Waals surface area (Å²) in [5, 5.41) is 6.55. The van der Waals surface area contributed by atoms with Crippen molar-refractivity contribution in [2.75, 3.05) is 12.1 Å². The van der Waals surface area contributed by atoms with E-state index in [0.717, 1.165) is 16.8 Å². The number of nitrogens with one attached hydrogen (secondary N) is 2. The molecule has 8 heteroatoms. The minimum Gasteiger partial charge on any atom is -0.454 e. The van der Waals surface area contributed by atoms with Crippen LogP contribution in [0.5, 0.6) is 11.5 Å². The number of carbonyl (C=O) groups excluding carboxylic acids is 1. The second-order valence-corrected chi connectivity index (χ2v) is 6.66. The van der Waals surface area contributed by atoms with Crippen LogP contribution in [0.2, 0.25) is 5.02 Å². The fourth-order valence-electron chi connectivity index (χ4n) is 2.64. The molecule has 2 N–H and O–H groups in total. The SMILES string of the molecule is Cc1ccc(Nc2ncc(C(=O)NCc3ccc4c(c3)OCO4)cn2)cc1Cl. The van der Waals surface area contributed by atoms with Crippen molar-refractivity contribution >= 4 is 29.1 Å². The highest BCUT2D eigenvalue weighted by Crippen LogP contribution is 2.32. The lowest BCUT2D eigenvalue weighted by atomic mass is 10.2. The smallest absolute Gasteiger partial charge is 0.254 e. The molecule has 1 amide bonds.